The SMILES string of the molecule is CCc1nn(C)c(COc2ccc(C(C)CC)cc2)c1Cl. The van der Waals surface area contributed by atoms with Crippen LogP contribution in [-0.2, 0) is 20.1 Å². The van der Waals surface area contributed by atoms with Crippen LogP contribution in [0.5, 0.6) is 5.75 Å². The highest BCUT2D eigenvalue weighted by atomic mass is 35.5. The highest BCUT2D eigenvalue weighted by Gasteiger charge is 2.13. The van der Waals surface area contributed by atoms with E-state index in [1.54, 1.807) is 4.68 Å². The van der Waals surface area contributed by atoms with Gasteiger partial charge in [0.25, 0.3) is 0 Å². The fourth-order valence-electron chi connectivity index (χ4n) is 2.26. The monoisotopic (exact) mass is 306 g/mol. The molecule has 1 heterocycles. The van der Waals surface area contributed by atoms with Crippen LogP contribution in [0.2, 0.25) is 5.02 Å². The zero-order valence-corrected chi connectivity index (χ0v) is 13.9. The van der Waals surface area contributed by atoms with Crippen molar-refractivity contribution in [3.8, 4) is 5.75 Å². The molecule has 3 nitrogen and oxygen atoms in total. The number of benzene rings is 1. The van der Waals surface area contributed by atoms with Crippen LogP contribution < -0.4 is 4.74 Å². The van der Waals surface area contributed by atoms with Crippen molar-refractivity contribution >= 4 is 11.6 Å². The molecule has 0 saturated heterocycles. The van der Waals surface area contributed by atoms with Crippen LogP contribution >= 0.6 is 11.6 Å². The molecule has 0 radical (unpaired) electrons. The molecule has 0 aliphatic heterocycles. The molecule has 1 unspecified atom stereocenters. The molecule has 0 amide bonds. The summed E-state index contributed by atoms with van der Waals surface area (Å²) < 4.78 is 7.63. The van der Waals surface area contributed by atoms with E-state index in [1.807, 2.05) is 26.1 Å². The van der Waals surface area contributed by atoms with E-state index in [0.717, 1.165) is 35.0 Å². The van der Waals surface area contributed by atoms with Gasteiger partial charge < -0.3 is 4.74 Å². The first-order valence-corrected chi connectivity index (χ1v) is 7.87. The molecule has 0 bridgehead atoms. The van der Waals surface area contributed by atoms with E-state index in [9.17, 15) is 0 Å². The van der Waals surface area contributed by atoms with Crippen molar-refractivity contribution in [3.05, 3.63) is 46.2 Å². The normalized spacial score (nSPS) is 12.4. The van der Waals surface area contributed by atoms with E-state index >= 15 is 0 Å². The summed E-state index contributed by atoms with van der Waals surface area (Å²) in [4.78, 5) is 0. The predicted molar refractivity (Wildman–Crippen MR) is 87.1 cm³/mol. The third kappa shape index (κ3) is 3.59. The summed E-state index contributed by atoms with van der Waals surface area (Å²) in [6, 6.07) is 8.30. The highest BCUT2D eigenvalue weighted by molar-refractivity contribution is 6.31. The minimum Gasteiger partial charge on any atom is -0.487 e. The van der Waals surface area contributed by atoms with Crippen molar-refractivity contribution in [1.82, 2.24) is 9.78 Å². The Balaban J connectivity index is 2.05. The number of rotatable bonds is 6. The Kier molecular flexibility index (Phi) is 5.29. The first-order valence-electron chi connectivity index (χ1n) is 7.49. The van der Waals surface area contributed by atoms with Crippen molar-refractivity contribution in [2.24, 2.45) is 7.05 Å². The summed E-state index contributed by atoms with van der Waals surface area (Å²) in [5, 5.41) is 5.11. The highest BCUT2D eigenvalue weighted by Crippen LogP contribution is 2.24. The lowest BCUT2D eigenvalue weighted by atomic mass is 9.99. The van der Waals surface area contributed by atoms with E-state index in [-0.39, 0.29) is 0 Å². The van der Waals surface area contributed by atoms with Gasteiger partial charge in [-0.3, -0.25) is 4.68 Å². The molecule has 2 rings (SSSR count). The summed E-state index contributed by atoms with van der Waals surface area (Å²) in [5.74, 6) is 1.44. The van der Waals surface area contributed by atoms with Crippen LogP contribution in [0.4, 0.5) is 0 Å². The number of aromatic nitrogens is 2. The standard InChI is InChI=1S/C17H23ClN2O/c1-5-12(3)13-7-9-14(10-8-13)21-11-16-17(18)15(6-2)19-20(16)4/h7-10,12H,5-6,11H2,1-4H3. The molecule has 114 valence electrons. The number of hydrogen-bond donors (Lipinski definition) is 0. The summed E-state index contributed by atoms with van der Waals surface area (Å²) in [6.45, 7) is 6.92. The Labute approximate surface area is 131 Å². The molecule has 0 aliphatic rings. The van der Waals surface area contributed by atoms with Gasteiger partial charge in [-0.05, 0) is 36.5 Å². The zero-order valence-electron chi connectivity index (χ0n) is 13.2. The molecule has 0 spiro atoms. The molecule has 21 heavy (non-hydrogen) atoms. The molecule has 0 N–H and O–H groups in total. The van der Waals surface area contributed by atoms with E-state index in [0.29, 0.717) is 12.5 Å². The summed E-state index contributed by atoms with van der Waals surface area (Å²) in [5.41, 5.74) is 3.18. The summed E-state index contributed by atoms with van der Waals surface area (Å²) >= 11 is 6.32. The van der Waals surface area contributed by atoms with Gasteiger partial charge in [-0.25, -0.2) is 0 Å². The average Bonchev–Trinajstić information content (AvgIpc) is 2.79. The molecular weight excluding hydrogens is 284 g/mol. The molecule has 0 fully saturated rings. The van der Waals surface area contributed by atoms with Gasteiger partial charge in [0.15, 0.2) is 0 Å². The number of halogens is 1. The Morgan fingerprint density at radius 1 is 1.24 bits per heavy atom. The zero-order chi connectivity index (χ0) is 15.4. The van der Waals surface area contributed by atoms with Gasteiger partial charge in [-0.15, -0.1) is 0 Å². The van der Waals surface area contributed by atoms with Crippen LogP contribution in [0, 0.1) is 0 Å². The second kappa shape index (κ2) is 6.99. The van der Waals surface area contributed by atoms with Crippen LogP contribution in [0.3, 0.4) is 0 Å². The molecule has 4 heteroatoms. The van der Waals surface area contributed by atoms with Crippen LogP contribution in [0.15, 0.2) is 24.3 Å². The van der Waals surface area contributed by atoms with Gasteiger partial charge in [0.2, 0.25) is 0 Å². The predicted octanol–water partition coefficient (Wildman–Crippen LogP) is 4.73. The Morgan fingerprint density at radius 2 is 1.90 bits per heavy atom. The minimum atomic E-state index is 0.436. The second-order valence-electron chi connectivity index (χ2n) is 5.35. The molecule has 2 aromatic rings. The van der Waals surface area contributed by atoms with Crippen LogP contribution in [0.25, 0.3) is 0 Å². The maximum absolute atomic E-state index is 6.32. The van der Waals surface area contributed by atoms with Gasteiger partial charge in [0.1, 0.15) is 12.4 Å². The smallest absolute Gasteiger partial charge is 0.131 e. The number of hydrogen-bond acceptors (Lipinski definition) is 2. The largest absolute Gasteiger partial charge is 0.487 e. The molecule has 1 atom stereocenters. The Hall–Kier alpha value is -1.48. The van der Waals surface area contributed by atoms with Gasteiger partial charge in [-0.1, -0.05) is 44.5 Å². The summed E-state index contributed by atoms with van der Waals surface area (Å²) in [6.07, 6.45) is 1.97. The molecule has 1 aromatic carbocycles. The number of nitrogens with zero attached hydrogens (tertiary/aromatic N) is 2. The van der Waals surface area contributed by atoms with Crippen molar-refractivity contribution < 1.29 is 4.74 Å². The van der Waals surface area contributed by atoms with Crippen molar-refractivity contribution in [3.63, 3.8) is 0 Å². The molecule has 0 aliphatic carbocycles. The van der Waals surface area contributed by atoms with E-state index < -0.39 is 0 Å². The fourth-order valence-corrected chi connectivity index (χ4v) is 2.60. The first kappa shape index (κ1) is 15.9. The van der Waals surface area contributed by atoms with Gasteiger partial charge in [-0.2, -0.15) is 5.10 Å². The number of aryl methyl sites for hydroxylation is 2. The minimum absolute atomic E-state index is 0.436. The Morgan fingerprint density at radius 3 is 2.43 bits per heavy atom. The van der Waals surface area contributed by atoms with Gasteiger partial charge in [0, 0.05) is 7.05 Å². The average molecular weight is 307 g/mol. The van der Waals surface area contributed by atoms with Gasteiger partial charge in [0.05, 0.1) is 16.4 Å². The lowest BCUT2D eigenvalue weighted by Gasteiger charge is -2.11. The van der Waals surface area contributed by atoms with Gasteiger partial charge >= 0.3 is 0 Å². The second-order valence-corrected chi connectivity index (χ2v) is 5.73. The number of ether oxygens (including phenoxy) is 1. The third-order valence-electron chi connectivity index (χ3n) is 3.94. The van der Waals surface area contributed by atoms with Crippen molar-refractivity contribution in [2.45, 2.75) is 46.1 Å². The molecular formula is C17H23ClN2O. The lowest BCUT2D eigenvalue weighted by molar-refractivity contribution is 0.295. The van der Waals surface area contributed by atoms with Crippen molar-refractivity contribution in [1.29, 1.82) is 0 Å². The maximum Gasteiger partial charge on any atom is 0.131 e. The van der Waals surface area contributed by atoms with Crippen LogP contribution in [0.1, 0.15) is 50.1 Å². The van der Waals surface area contributed by atoms with E-state index in [4.69, 9.17) is 16.3 Å². The topological polar surface area (TPSA) is 27.1 Å². The van der Waals surface area contributed by atoms with Crippen LogP contribution in [-0.4, -0.2) is 9.78 Å². The quantitative estimate of drug-likeness (QED) is 0.771. The Bertz CT molecular complexity index is 590. The molecule has 1 aromatic heterocycles. The first-order chi connectivity index (χ1) is 10.1. The van der Waals surface area contributed by atoms with Crippen molar-refractivity contribution in [2.75, 3.05) is 0 Å². The lowest BCUT2D eigenvalue weighted by Crippen LogP contribution is -2.03. The summed E-state index contributed by atoms with van der Waals surface area (Å²) in [7, 11) is 1.90. The van der Waals surface area contributed by atoms with E-state index in [2.05, 4.69) is 31.1 Å². The van der Waals surface area contributed by atoms with E-state index in [1.165, 1.54) is 5.56 Å². The maximum atomic E-state index is 6.32. The molecule has 0 saturated carbocycles. The fraction of sp³-hybridized carbons (Fsp3) is 0.471. The third-order valence-corrected chi connectivity index (χ3v) is 4.38.